The van der Waals surface area contributed by atoms with Crippen LogP contribution in [0.25, 0.3) is 0 Å². The average Bonchev–Trinajstić information content (AvgIpc) is 2.91. The second-order valence-corrected chi connectivity index (χ2v) is 10.9. The molecule has 1 aromatic rings. The number of esters is 1. The van der Waals surface area contributed by atoms with Crippen LogP contribution >= 0.6 is 0 Å². The molecule has 0 aliphatic carbocycles. The number of nitrogens with one attached hydrogen (secondary N) is 2. The highest BCUT2D eigenvalue weighted by Crippen LogP contribution is 2.25. The van der Waals surface area contributed by atoms with E-state index >= 15 is 0 Å². The zero-order valence-corrected chi connectivity index (χ0v) is 25.4. The Balaban J connectivity index is 3.51. The van der Waals surface area contributed by atoms with E-state index in [4.69, 9.17) is 10.5 Å². The Hall–Kier alpha value is -3.63. The molecule has 11 heteroatoms. The zero-order chi connectivity index (χ0) is 31.0. The van der Waals surface area contributed by atoms with Gasteiger partial charge in [-0.25, -0.2) is 4.79 Å². The molecule has 230 valence electrons. The summed E-state index contributed by atoms with van der Waals surface area (Å²) in [5, 5.41) is 5.15. The van der Waals surface area contributed by atoms with Crippen LogP contribution in [-0.2, 0) is 35.1 Å². The standard InChI is InChI=1S/C30H48N4O7/c1-7-9-10-11-12-19-34(28(38)23(17-18-24(31)35)33-29(39)41-30(3,4)5)26(27(37)32-20-25(36)40-6)22-15-13-21(8-2)14-16-22/h13-16,23,26H,7-12,17-20H2,1-6H3,(H2,31,35)(H,32,37)(H,33,39). The number of aryl methyl sites for hydroxylation is 1. The highest BCUT2D eigenvalue weighted by molar-refractivity contribution is 5.93. The van der Waals surface area contributed by atoms with Crippen LogP contribution < -0.4 is 16.4 Å². The highest BCUT2D eigenvalue weighted by Gasteiger charge is 2.36. The minimum atomic E-state index is -1.18. The summed E-state index contributed by atoms with van der Waals surface area (Å²) in [5.41, 5.74) is 6.13. The molecule has 0 aliphatic rings. The van der Waals surface area contributed by atoms with E-state index in [0.29, 0.717) is 12.0 Å². The van der Waals surface area contributed by atoms with Gasteiger partial charge in [0.15, 0.2) is 0 Å². The van der Waals surface area contributed by atoms with Crippen molar-refractivity contribution in [1.82, 2.24) is 15.5 Å². The van der Waals surface area contributed by atoms with Crippen LogP contribution in [-0.4, -0.2) is 66.5 Å². The number of nitrogens with two attached hydrogens (primary N) is 1. The highest BCUT2D eigenvalue weighted by atomic mass is 16.6. The Morgan fingerprint density at radius 2 is 1.61 bits per heavy atom. The van der Waals surface area contributed by atoms with Gasteiger partial charge in [-0.15, -0.1) is 0 Å². The van der Waals surface area contributed by atoms with E-state index in [1.54, 1.807) is 32.9 Å². The Morgan fingerprint density at radius 3 is 2.15 bits per heavy atom. The molecule has 2 unspecified atom stereocenters. The summed E-state index contributed by atoms with van der Waals surface area (Å²) in [5.74, 6) is -2.41. The summed E-state index contributed by atoms with van der Waals surface area (Å²) in [7, 11) is 1.22. The van der Waals surface area contributed by atoms with Crippen molar-refractivity contribution in [3.63, 3.8) is 0 Å². The smallest absolute Gasteiger partial charge is 0.408 e. The molecular formula is C30H48N4O7. The zero-order valence-electron chi connectivity index (χ0n) is 25.4. The molecular weight excluding hydrogens is 528 g/mol. The van der Waals surface area contributed by atoms with E-state index in [-0.39, 0.29) is 25.9 Å². The van der Waals surface area contributed by atoms with Crippen molar-refractivity contribution < 1.29 is 33.4 Å². The van der Waals surface area contributed by atoms with Crippen LogP contribution in [0.2, 0.25) is 0 Å². The molecule has 2 atom stereocenters. The first kappa shape index (κ1) is 35.4. The third kappa shape index (κ3) is 13.5. The molecule has 0 aliphatic heterocycles. The second kappa shape index (κ2) is 17.9. The first-order valence-corrected chi connectivity index (χ1v) is 14.3. The maximum Gasteiger partial charge on any atom is 0.408 e. The summed E-state index contributed by atoms with van der Waals surface area (Å²) in [4.78, 5) is 65.3. The molecule has 0 heterocycles. The van der Waals surface area contributed by atoms with Crippen molar-refractivity contribution in [2.75, 3.05) is 20.2 Å². The Morgan fingerprint density at radius 1 is 0.976 bits per heavy atom. The van der Waals surface area contributed by atoms with Gasteiger partial charge in [-0.05, 0) is 51.2 Å². The fraction of sp³-hybridized carbons (Fsp3) is 0.633. The summed E-state index contributed by atoms with van der Waals surface area (Å²) in [6.45, 7) is 9.01. The molecule has 11 nitrogen and oxygen atoms in total. The Kier molecular flexibility index (Phi) is 15.5. The number of primary amides is 1. The number of hydrogen-bond donors (Lipinski definition) is 3. The van der Waals surface area contributed by atoms with Crippen LogP contribution in [0.3, 0.4) is 0 Å². The molecule has 0 bridgehead atoms. The van der Waals surface area contributed by atoms with Crippen molar-refractivity contribution in [3.8, 4) is 0 Å². The number of unbranched alkanes of at least 4 members (excludes halogenated alkanes) is 4. The predicted octanol–water partition coefficient (Wildman–Crippen LogP) is 3.54. The van der Waals surface area contributed by atoms with E-state index in [1.165, 1.54) is 12.0 Å². The quantitative estimate of drug-likeness (QED) is 0.189. The summed E-state index contributed by atoms with van der Waals surface area (Å²) in [6, 6.07) is 5.02. The summed E-state index contributed by atoms with van der Waals surface area (Å²) >= 11 is 0. The molecule has 41 heavy (non-hydrogen) atoms. The lowest BCUT2D eigenvalue weighted by Crippen LogP contribution is -2.53. The number of carbonyl (C=O) groups is 5. The lowest BCUT2D eigenvalue weighted by molar-refractivity contribution is -0.145. The monoisotopic (exact) mass is 576 g/mol. The van der Waals surface area contributed by atoms with Crippen molar-refractivity contribution in [1.29, 1.82) is 0 Å². The number of alkyl carbamates (subject to hydrolysis) is 1. The predicted molar refractivity (Wildman–Crippen MR) is 156 cm³/mol. The first-order valence-electron chi connectivity index (χ1n) is 14.3. The van der Waals surface area contributed by atoms with E-state index in [1.807, 2.05) is 19.1 Å². The molecule has 4 N–H and O–H groups in total. The number of benzene rings is 1. The molecule has 0 aromatic heterocycles. The molecule has 0 spiro atoms. The number of ether oxygens (including phenoxy) is 2. The molecule has 1 aromatic carbocycles. The number of hydrogen-bond acceptors (Lipinski definition) is 7. The first-order chi connectivity index (χ1) is 19.3. The fourth-order valence-electron chi connectivity index (χ4n) is 4.18. The van der Waals surface area contributed by atoms with Gasteiger partial charge < -0.3 is 30.7 Å². The van der Waals surface area contributed by atoms with Gasteiger partial charge in [-0.2, -0.15) is 0 Å². The minimum Gasteiger partial charge on any atom is -0.468 e. The van der Waals surface area contributed by atoms with Gasteiger partial charge >= 0.3 is 12.1 Å². The maximum atomic E-state index is 14.1. The van der Waals surface area contributed by atoms with Crippen LogP contribution in [0.15, 0.2) is 24.3 Å². The van der Waals surface area contributed by atoms with E-state index < -0.39 is 47.5 Å². The largest absolute Gasteiger partial charge is 0.468 e. The van der Waals surface area contributed by atoms with Crippen LogP contribution in [0.4, 0.5) is 4.79 Å². The van der Waals surface area contributed by atoms with Crippen molar-refractivity contribution in [2.45, 2.75) is 104 Å². The fourth-order valence-corrected chi connectivity index (χ4v) is 4.18. The van der Waals surface area contributed by atoms with Gasteiger partial charge in [0.05, 0.1) is 7.11 Å². The molecule has 0 saturated carbocycles. The Labute approximate surface area is 243 Å². The summed E-state index contributed by atoms with van der Waals surface area (Å²) in [6.07, 6.45) is 4.19. The van der Waals surface area contributed by atoms with Gasteiger partial charge in [0.25, 0.3) is 0 Å². The van der Waals surface area contributed by atoms with Crippen molar-refractivity contribution >= 4 is 29.8 Å². The van der Waals surface area contributed by atoms with E-state index in [2.05, 4.69) is 22.3 Å². The van der Waals surface area contributed by atoms with E-state index in [9.17, 15) is 24.0 Å². The topological polar surface area (TPSA) is 157 Å². The van der Waals surface area contributed by atoms with Crippen molar-refractivity contribution in [2.24, 2.45) is 5.73 Å². The SMILES string of the molecule is CCCCCCCN(C(=O)C(CCC(N)=O)NC(=O)OC(C)(C)C)C(C(=O)NCC(=O)OC)c1ccc(CC)cc1. The van der Waals surface area contributed by atoms with Gasteiger partial charge in [0.1, 0.15) is 24.2 Å². The molecule has 0 fully saturated rings. The Bertz CT molecular complexity index is 1010. The van der Waals surface area contributed by atoms with Crippen LogP contribution in [0.5, 0.6) is 0 Å². The number of carbonyl (C=O) groups excluding carboxylic acids is 5. The number of amides is 4. The molecule has 1 rings (SSSR count). The lowest BCUT2D eigenvalue weighted by Gasteiger charge is -2.34. The lowest BCUT2D eigenvalue weighted by atomic mass is 9.99. The number of nitrogens with zero attached hydrogens (tertiary/aromatic N) is 1. The van der Waals surface area contributed by atoms with Gasteiger partial charge in [-0.1, -0.05) is 63.8 Å². The van der Waals surface area contributed by atoms with Gasteiger partial charge in [0, 0.05) is 13.0 Å². The number of methoxy groups -OCH3 is 1. The number of rotatable bonds is 17. The maximum absolute atomic E-state index is 14.1. The van der Waals surface area contributed by atoms with Gasteiger partial charge in [-0.3, -0.25) is 19.2 Å². The van der Waals surface area contributed by atoms with E-state index in [0.717, 1.165) is 37.7 Å². The molecule has 4 amide bonds. The van der Waals surface area contributed by atoms with Crippen molar-refractivity contribution in [3.05, 3.63) is 35.4 Å². The minimum absolute atomic E-state index is 0.0784. The van der Waals surface area contributed by atoms with Crippen LogP contribution in [0, 0.1) is 0 Å². The summed E-state index contributed by atoms with van der Waals surface area (Å²) < 4.78 is 10.0. The average molecular weight is 577 g/mol. The second-order valence-electron chi connectivity index (χ2n) is 10.9. The van der Waals surface area contributed by atoms with Crippen LogP contribution in [0.1, 0.15) is 96.7 Å². The third-order valence-electron chi connectivity index (χ3n) is 6.35. The van der Waals surface area contributed by atoms with Gasteiger partial charge in [0.2, 0.25) is 17.7 Å². The molecule has 0 radical (unpaired) electrons. The molecule has 0 saturated heterocycles. The third-order valence-corrected chi connectivity index (χ3v) is 6.35. The normalized spacial score (nSPS) is 12.5.